The lowest BCUT2D eigenvalue weighted by molar-refractivity contribution is -0.136. The molecule has 1 N–H and O–H groups in total. The molecule has 3 unspecified atom stereocenters. The van der Waals surface area contributed by atoms with Crippen molar-refractivity contribution in [3.63, 3.8) is 0 Å². The summed E-state index contributed by atoms with van der Waals surface area (Å²) in [6, 6.07) is 19.6. The van der Waals surface area contributed by atoms with Gasteiger partial charge in [0, 0.05) is 81.8 Å². The van der Waals surface area contributed by atoms with Crippen molar-refractivity contribution >= 4 is 52.5 Å². The number of carbonyl (C=O) groups is 5. The number of halogens is 1. The summed E-state index contributed by atoms with van der Waals surface area (Å²) in [5.74, 6) is -0.413. The molecule has 59 heavy (non-hydrogen) atoms. The topological polar surface area (TPSA) is 147 Å². The highest BCUT2D eigenvalue weighted by Gasteiger charge is 2.45. The number of carbonyl (C=O) groups excluding carboxylic acids is 5. The number of rotatable bonds is 8. The summed E-state index contributed by atoms with van der Waals surface area (Å²) in [7, 11) is 0. The number of likely N-dealkylation sites (tertiary alicyclic amines) is 1. The van der Waals surface area contributed by atoms with Crippen molar-refractivity contribution < 1.29 is 28.7 Å². The van der Waals surface area contributed by atoms with Gasteiger partial charge in [0.05, 0.1) is 28.3 Å². The van der Waals surface area contributed by atoms with Gasteiger partial charge in [-0.2, -0.15) is 5.26 Å². The summed E-state index contributed by atoms with van der Waals surface area (Å²) >= 11 is 6.26. The predicted molar refractivity (Wildman–Crippen MR) is 223 cm³/mol. The van der Waals surface area contributed by atoms with E-state index in [4.69, 9.17) is 16.3 Å². The minimum absolute atomic E-state index is 0.00353. The standard InChI is InChI=1S/C45H50ClN7O6/c1-29-3-2-4-36(59-35-11-7-32(25-47)39(46)24-35)28-52(26-29)43(56)31-5-8-33(9-6-31)51-21-19-49(20-22-51)27-30-15-17-50(18-16-30)34-10-12-37-38(23-34)45(58)53(44(37)57)40-13-14-41(54)48-42(40)55/h5-12,23-24,29-30,36,40H,2-4,13-22,26-28H2,1H3,(H,48,54,55). The highest BCUT2D eigenvalue weighted by atomic mass is 35.5. The summed E-state index contributed by atoms with van der Waals surface area (Å²) in [6.07, 6.45) is 4.96. The van der Waals surface area contributed by atoms with E-state index in [0.29, 0.717) is 58.0 Å². The van der Waals surface area contributed by atoms with E-state index >= 15 is 0 Å². The second kappa shape index (κ2) is 17.4. The molecule has 13 nitrogen and oxygen atoms in total. The Bertz CT molecular complexity index is 2160. The van der Waals surface area contributed by atoms with Crippen LogP contribution in [0.15, 0.2) is 60.7 Å². The minimum Gasteiger partial charge on any atom is -0.489 e. The summed E-state index contributed by atoms with van der Waals surface area (Å²) in [5, 5.41) is 11.8. The van der Waals surface area contributed by atoms with Gasteiger partial charge in [0.15, 0.2) is 0 Å². The molecule has 5 heterocycles. The zero-order valence-corrected chi connectivity index (χ0v) is 34.2. The maximum absolute atomic E-state index is 13.9. The number of hydrogen-bond acceptors (Lipinski definition) is 10. The van der Waals surface area contributed by atoms with E-state index in [2.05, 4.69) is 45.1 Å². The van der Waals surface area contributed by atoms with Crippen LogP contribution in [0.4, 0.5) is 11.4 Å². The van der Waals surface area contributed by atoms with Gasteiger partial charge >= 0.3 is 0 Å². The fraction of sp³-hybridized carbons (Fsp3) is 0.467. The van der Waals surface area contributed by atoms with Gasteiger partial charge in [-0.3, -0.25) is 39.1 Å². The summed E-state index contributed by atoms with van der Waals surface area (Å²) in [5.41, 5.74) is 3.70. The Morgan fingerprint density at radius 1 is 0.814 bits per heavy atom. The van der Waals surface area contributed by atoms with Gasteiger partial charge in [0.1, 0.15) is 24.0 Å². The van der Waals surface area contributed by atoms with Crippen LogP contribution in [0.3, 0.4) is 0 Å². The molecule has 0 bridgehead atoms. The fourth-order valence-electron chi connectivity index (χ4n) is 9.27. The Morgan fingerprint density at radius 2 is 1.53 bits per heavy atom. The lowest BCUT2D eigenvalue weighted by Gasteiger charge is -2.40. The molecule has 0 radical (unpaired) electrons. The van der Waals surface area contributed by atoms with Crippen LogP contribution < -0.4 is 19.9 Å². The van der Waals surface area contributed by atoms with E-state index in [1.54, 1.807) is 30.3 Å². The number of hydrogen-bond donors (Lipinski definition) is 1. The SMILES string of the molecule is CC1CCCC(Oc2ccc(C#N)c(Cl)c2)CN(C(=O)c2ccc(N3CCN(CC4CCN(c5ccc6c(c5)C(=O)N(C5CCC(=O)NC5=O)C6=O)CC4)CC3)cc2)C1. The largest absolute Gasteiger partial charge is 0.489 e. The van der Waals surface area contributed by atoms with Crippen LogP contribution >= 0.6 is 11.6 Å². The van der Waals surface area contributed by atoms with Gasteiger partial charge in [0.2, 0.25) is 11.8 Å². The van der Waals surface area contributed by atoms with Crippen molar-refractivity contribution in [3.05, 3.63) is 87.9 Å². The molecule has 5 aliphatic rings. The second-order valence-electron chi connectivity index (χ2n) is 16.7. The third-order valence-electron chi connectivity index (χ3n) is 12.6. The molecule has 3 aromatic rings. The molecule has 5 aliphatic heterocycles. The number of fused-ring (bicyclic) bond motifs is 1. The summed E-state index contributed by atoms with van der Waals surface area (Å²) in [6.45, 7) is 9.81. The first-order valence-electron chi connectivity index (χ1n) is 20.9. The molecule has 308 valence electrons. The lowest BCUT2D eigenvalue weighted by atomic mass is 9.95. The first-order chi connectivity index (χ1) is 28.5. The fourth-order valence-corrected chi connectivity index (χ4v) is 9.48. The molecule has 4 saturated heterocycles. The van der Waals surface area contributed by atoms with E-state index < -0.39 is 29.7 Å². The number of benzene rings is 3. The molecular formula is C45H50ClN7O6. The third-order valence-corrected chi connectivity index (χ3v) is 12.9. The Balaban J connectivity index is 0.804. The van der Waals surface area contributed by atoms with Crippen molar-refractivity contribution in [2.24, 2.45) is 11.8 Å². The number of amides is 5. The van der Waals surface area contributed by atoms with Crippen LogP contribution in [0.5, 0.6) is 5.75 Å². The van der Waals surface area contributed by atoms with E-state index in [1.807, 2.05) is 23.1 Å². The van der Waals surface area contributed by atoms with Gasteiger partial charge in [-0.15, -0.1) is 0 Å². The van der Waals surface area contributed by atoms with Crippen LogP contribution in [0.1, 0.15) is 88.5 Å². The molecule has 0 aromatic heterocycles. The van der Waals surface area contributed by atoms with Gasteiger partial charge in [-0.1, -0.05) is 18.5 Å². The molecular weight excluding hydrogens is 770 g/mol. The van der Waals surface area contributed by atoms with E-state index in [-0.39, 0.29) is 24.9 Å². The summed E-state index contributed by atoms with van der Waals surface area (Å²) in [4.78, 5) is 74.6. The molecule has 0 saturated carbocycles. The van der Waals surface area contributed by atoms with Gasteiger partial charge in [-0.25, -0.2) is 0 Å². The Morgan fingerprint density at radius 3 is 2.24 bits per heavy atom. The first kappa shape index (κ1) is 40.3. The molecule has 8 rings (SSSR count). The van der Waals surface area contributed by atoms with E-state index in [0.717, 1.165) is 94.2 Å². The zero-order chi connectivity index (χ0) is 41.2. The Labute approximate surface area is 349 Å². The molecule has 5 amide bonds. The Hall–Kier alpha value is -5.45. The maximum atomic E-state index is 13.9. The van der Waals surface area contributed by atoms with E-state index in [1.165, 1.54) is 0 Å². The first-order valence-corrected chi connectivity index (χ1v) is 21.3. The number of imide groups is 2. The number of nitriles is 1. The monoisotopic (exact) mass is 819 g/mol. The van der Waals surface area contributed by atoms with Crippen LogP contribution in [0.25, 0.3) is 0 Å². The van der Waals surface area contributed by atoms with Crippen LogP contribution in [0.2, 0.25) is 5.02 Å². The second-order valence-corrected chi connectivity index (χ2v) is 17.1. The quantitative estimate of drug-likeness (QED) is 0.295. The smallest absolute Gasteiger partial charge is 0.262 e. The maximum Gasteiger partial charge on any atom is 0.262 e. The average molecular weight is 820 g/mol. The van der Waals surface area contributed by atoms with Crippen LogP contribution in [-0.2, 0) is 9.59 Å². The highest BCUT2D eigenvalue weighted by molar-refractivity contribution is 6.31. The Kier molecular flexibility index (Phi) is 11.9. The van der Waals surface area contributed by atoms with Crippen molar-refractivity contribution in [2.75, 3.05) is 68.7 Å². The van der Waals surface area contributed by atoms with E-state index in [9.17, 15) is 29.2 Å². The number of nitrogens with one attached hydrogen (secondary N) is 1. The van der Waals surface area contributed by atoms with Gasteiger partial charge in [-0.05, 0) is 105 Å². The predicted octanol–water partition coefficient (Wildman–Crippen LogP) is 5.36. The van der Waals surface area contributed by atoms with Gasteiger partial charge < -0.3 is 19.4 Å². The molecule has 4 fully saturated rings. The van der Waals surface area contributed by atoms with Crippen LogP contribution in [-0.4, -0.2) is 115 Å². The molecule has 3 aromatic carbocycles. The van der Waals surface area contributed by atoms with Crippen molar-refractivity contribution in [1.82, 2.24) is 20.0 Å². The number of anilines is 2. The normalized spacial score (nSPS) is 23.4. The van der Waals surface area contributed by atoms with Crippen molar-refractivity contribution in [3.8, 4) is 11.8 Å². The molecule has 0 aliphatic carbocycles. The number of nitrogens with zero attached hydrogens (tertiary/aromatic N) is 6. The molecule has 3 atom stereocenters. The van der Waals surface area contributed by atoms with Gasteiger partial charge in [0.25, 0.3) is 17.7 Å². The number of piperazine rings is 1. The summed E-state index contributed by atoms with van der Waals surface area (Å²) < 4.78 is 6.31. The lowest BCUT2D eigenvalue weighted by Crippen LogP contribution is -2.54. The zero-order valence-electron chi connectivity index (χ0n) is 33.4. The number of piperidine rings is 2. The molecule has 0 spiro atoms. The minimum atomic E-state index is -0.971. The highest BCUT2D eigenvalue weighted by Crippen LogP contribution is 2.33. The number of ether oxygens (including phenoxy) is 1. The third kappa shape index (κ3) is 8.80. The van der Waals surface area contributed by atoms with Crippen molar-refractivity contribution in [2.45, 2.75) is 64.0 Å². The van der Waals surface area contributed by atoms with Crippen molar-refractivity contribution in [1.29, 1.82) is 5.26 Å². The molecule has 14 heteroatoms. The van der Waals surface area contributed by atoms with Crippen LogP contribution in [0, 0.1) is 23.2 Å². The average Bonchev–Trinajstić information content (AvgIpc) is 3.48.